The van der Waals surface area contributed by atoms with Gasteiger partial charge in [-0.05, 0) is 31.9 Å². The largest absolute Gasteiger partial charge is 0.368 e. The lowest BCUT2D eigenvalue weighted by atomic mass is 10.4. The van der Waals surface area contributed by atoms with Crippen LogP contribution in [0.1, 0.15) is 19.8 Å². The summed E-state index contributed by atoms with van der Waals surface area (Å²) in [7, 11) is 0.183. The predicted octanol–water partition coefficient (Wildman–Crippen LogP) is 3.27. The zero-order valence-electron chi connectivity index (χ0n) is 8.48. The first-order valence-corrected chi connectivity index (χ1v) is 6.45. The van der Waals surface area contributed by atoms with Crippen LogP contribution in [-0.4, -0.2) is 17.4 Å². The van der Waals surface area contributed by atoms with Crippen LogP contribution in [0.5, 0.6) is 0 Å². The van der Waals surface area contributed by atoms with Crippen molar-refractivity contribution in [2.75, 3.05) is 6.61 Å². The van der Waals surface area contributed by atoms with Crippen LogP contribution < -0.4 is 0 Å². The molecule has 14 heavy (non-hydrogen) atoms. The van der Waals surface area contributed by atoms with Gasteiger partial charge in [0.1, 0.15) is 5.44 Å². The van der Waals surface area contributed by atoms with Crippen LogP contribution in [0.15, 0.2) is 35.2 Å². The van der Waals surface area contributed by atoms with E-state index < -0.39 is 0 Å². The molecular formula is C12H16OS. The second-order valence-corrected chi connectivity index (χ2v) is 5.58. The average Bonchev–Trinajstić information content (AvgIpc) is 2.74. The Morgan fingerprint density at radius 3 is 2.71 bits per heavy atom. The third kappa shape index (κ3) is 2.07. The lowest BCUT2D eigenvalue weighted by molar-refractivity contribution is 0.173. The van der Waals surface area contributed by atoms with Gasteiger partial charge in [-0.1, -0.05) is 23.6 Å². The third-order valence-corrected chi connectivity index (χ3v) is 4.70. The molecule has 1 aromatic rings. The van der Waals surface area contributed by atoms with Crippen molar-refractivity contribution in [3.63, 3.8) is 0 Å². The van der Waals surface area contributed by atoms with E-state index in [0.717, 1.165) is 6.61 Å². The summed E-state index contributed by atoms with van der Waals surface area (Å²) in [6, 6.07) is 10.7. The first kappa shape index (κ1) is 9.94. The number of benzene rings is 1. The van der Waals surface area contributed by atoms with Crippen molar-refractivity contribution in [2.45, 2.75) is 30.1 Å². The number of ether oxygens (including phenoxy) is 1. The van der Waals surface area contributed by atoms with Gasteiger partial charge in [0.25, 0.3) is 0 Å². The van der Waals surface area contributed by atoms with E-state index in [1.165, 1.54) is 17.7 Å². The highest BCUT2D eigenvalue weighted by atomic mass is 32.2. The Hall–Kier alpha value is -0.600. The zero-order valence-corrected chi connectivity index (χ0v) is 9.30. The Kier molecular flexibility index (Phi) is 3.38. The average molecular weight is 208 g/mol. The second kappa shape index (κ2) is 4.76. The van der Waals surface area contributed by atoms with E-state index in [1.807, 2.05) is 0 Å². The minimum atomic E-state index is 0.183. The second-order valence-electron chi connectivity index (χ2n) is 3.36. The van der Waals surface area contributed by atoms with Crippen molar-refractivity contribution in [3.05, 3.63) is 30.3 Å². The summed E-state index contributed by atoms with van der Waals surface area (Å²) in [4.78, 5) is 1.40. The maximum Gasteiger partial charge on any atom is 0.102 e. The van der Waals surface area contributed by atoms with Crippen LogP contribution >= 0.6 is 10.5 Å². The van der Waals surface area contributed by atoms with E-state index in [9.17, 15) is 0 Å². The Bertz CT molecular complexity index is 312. The fourth-order valence-corrected chi connectivity index (χ4v) is 3.78. The maximum atomic E-state index is 5.74. The molecule has 1 aliphatic rings. The van der Waals surface area contributed by atoms with Crippen molar-refractivity contribution in [1.82, 2.24) is 0 Å². The van der Waals surface area contributed by atoms with Gasteiger partial charge < -0.3 is 4.74 Å². The molecule has 2 heteroatoms. The third-order valence-electron chi connectivity index (χ3n) is 2.44. The Labute approximate surface area is 88.0 Å². The molecule has 1 aliphatic heterocycles. The van der Waals surface area contributed by atoms with Crippen LogP contribution in [0.2, 0.25) is 0 Å². The van der Waals surface area contributed by atoms with E-state index in [0.29, 0.717) is 5.44 Å². The van der Waals surface area contributed by atoms with Crippen LogP contribution in [0.4, 0.5) is 0 Å². The van der Waals surface area contributed by atoms with Gasteiger partial charge in [-0.15, -0.1) is 10.5 Å². The van der Waals surface area contributed by atoms with Crippen molar-refractivity contribution < 1.29 is 4.74 Å². The molecule has 0 amide bonds. The fourth-order valence-electron chi connectivity index (χ4n) is 1.77. The monoisotopic (exact) mass is 208 g/mol. The van der Waals surface area contributed by atoms with Crippen LogP contribution in [0, 0.1) is 0 Å². The molecule has 1 nitrogen and oxygen atoms in total. The molecule has 0 bridgehead atoms. The van der Waals surface area contributed by atoms with Gasteiger partial charge in [0, 0.05) is 11.5 Å². The first-order valence-electron chi connectivity index (χ1n) is 5.10. The van der Waals surface area contributed by atoms with E-state index in [2.05, 4.69) is 42.6 Å². The van der Waals surface area contributed by atoms with Gasteiger partial charge in [0.2, 0.25) is 0 Å². The highest BCUT2D eigenvalue weighted by Gasteiger charge is 2.19. The van der Waals surface area contributed by atoms with E-state index in [1.54, 1.807) is 0 Å². The summed E-state index contributed by atoms with van der Waals surface area (Å²) in [5.74, 6) is 0. The molecule has 0 saturated carbocycles. The van der Waals surface area contributed by atoms with E-state index >= 15 is 0 Å². The van der Waals surface area contributed by atoms with Gasteiger partial charge in [-0.2, -0.15) is 0 Å². The molecular weight excluding hydrogens is 192 g/mol. The minimum absolute atomic E-state index is 0.183. The molecule has 2 atom stereocenters. The summed E-state index contributed by atoms with van der Waals surface area (Å²) >= 11 is 0. The molecule has 2 rings (SSSR count). The lowest BCUT2D eigenvalue weighted by Gasteiger charge is -2.15. The predicted molar refractivity (Wildman–Crippen MR) is 63.0 cm³/mol. The number of hydrogen-bond donors (Lipinski definition) is 0. The van der Waals surface area contributed by atoms with Gasteiger partial charge >= 0.3 is 0 Å². The molecule has 76 valence electrons. The highest BCUT2D eigenvalue weighted by molar-refractivity contribution is 8.15. The molecule has 1 fully saturated rings. The smallest absolute Gasteiger partial charge is 0.102 e. The summed E-state index contributed by atoms with van der Waals surface area (Å²) in [5, 5.41) is 2.28. The van der Waals surface area contributed by atoms with Crippen LogP contribution in [0.3, 0.4) is 0 Å². The number of rotatable bonds is 2. The normalized spacial score (nSPS) is 23.9. The highest BCUT2D eigenvalue weighted by Crippen LogP contribution is 2.36. The topological polar surface area (TPSA) is 9.23 Å². The Morgan fingerprint density at radius 2 is 2.14 bits per heavy atom. The standard InChI is InChI=1S/C12H16OS/c1-2-14(12-9-6-10-13-12)11-7-4-3-5-8-11/h2-5,7-8,12H,6,9-10H2,1H3. The zero-order chi connectivity index (χ0) is 9.80. The minimum Gasteiger partial charge on any atom is -0.368 e. The van der Waals surface area contributed by atoms with Gasteiger partial charge in [0.05, 0.1) is 0 Å². The quantitative estimate of drug-likeness (QED) is 0.678. The Morgan fingerprint density at radius 1 is 1.36 bits per heavy atom. The molecule has 1 saturated heterocycles. The van der Waals surface area contributed by atoms with E-state index in [4.69, 9.17) is 4.74 Å². The SMILES string of the molecule is CC=S(c1ccccc1)C1CCCO1. The molecule has 0 N–H and O–H groups in total. The Balaban J connectivity index is 2.22. The molecule has 0 spiro atoms. The fraction of sp³-hybridized carbons (Fsp3) is 0.417. The molecule has 1 aromatic carbocycles. The van der Waals surface area contributed by atoms with Crippen LogP contribution in [0.25, 0.3) is 0 Å². The molecule has 0 aliphatic carbocycles. The number of hydrogen-bond acceptors (Lipinski definition) is 1. The lowest BCUT2D eigenvalue weighted by Crippen LogP contribution is -2.02. The van der Waals surface area contributed by atoms with E-state index in [-0.39, 0.29) is 10.5 Å². The summed E-state index contributed by atoms with van der Waals surface area (Å²) < 4.78 is 5.74. The van der Waals surface area contributed by atoms with Gasteiger partial charge in [-0.25, -0.2) is 0 Å². The summed E-state index contributed by atoms with van der Waals surface area (Å²) in [6.07, 6.45) is 2.43. The van der Waals surface area contributed by atoms with Crippen molar-refractivity contribution in [3.8, 4) is 0 Å². The van der Waals surface area contributed by atoms with Crippen LogP contribution in [-0.2, 0) is 4.74 Å². The summed E-state index contributed by atoms with van der Waals surface area (Å²) in [6.45, 7) is 3.08. The molecule has 0 aromatic heterocycles. The van der Waals surface area contributed by atoms with Crippen molar-refractivity contribution in [2.24, 2.45) is 0 Å². The van der Waals surface area contributed by atoms with Gasteiger partial charge in [-0.3, -0.25) is 0 Å². The van der Waals surface area contributed by atoms with Crippen molar-refractivity contribution >= 4 is 15.9 Å². The maximum absolute atomic E-state index is 5.74. The molecule has 0 radical (unpaired) electrons. The molecule has 2 unspecified atom stereocenters. The molecule has 1 heterocycles. The van der Waals surface area contributed by atoms with Gasteiger partial charge in [0.15, 0.2) is 0 Å². The first-order chi connectivity index (χ1) is 6.92. The summed E-state index contributed by atoms with van der Waals surface area (Å²) in [5.41, 5.74) is 0.433. The van der Waals surface area contributed by atoms with Crippen molar-refractivity contribution in [1.29, 1.82) is 0 Å².